The van der Waals surface area contributed by atoms with Crippen molar-refractivity contribution >= 4 is 35.5 Å². The number of benzene rings is 1. The van der Waals surface area contributed by atoms with E-state index < -0.39 is 53.8 Å². The number of nitrogens with one attached hydrogen (secondary N) is 3. The number of ketones is 1. The number of urea groups is 1. The van der Waals surface area contributed by atoms with Gasteiger partial charge in [0.15, 0.2) is 0 Å². The summed E-state index contributed by atoms with van der Waals surface area (Å²) in [5.74, 6) is -3.21. The number of hydrogen-bond donors (Lipinski definition) is 4. The summed E-state index contributed by atoms with van der Waals surface area (Å²) in [6.07, 6.45) is 12.2. The molecule has 4 aliphatic rings. The summed E-state index contributed by atoms with van der Waals surface area (Å²) in [6, 6.07) is 5.18. The maximum absolute atomic E-state index is 14.3. The quantitative estimate of drug-likeness (QED) is 0.174. The molecule has 5 rings (SSSR count). The minimum atomic E-state index is -1.09. The Morgan fingerprint density at radius 1 is 0.750 bits per heavy atom. The highest BCUT2D eigenvalue weighted by molar-refractivity contribution is 6.37. The normalized spacial score (nSPS) is 22.2. The molecule has 0 radical (unpaired) electrons. The topological polar surface area (TPSA) is 177 Å². The van der Waals surface area contributed by atoms with Gasteiger partial charge in [0.2, 0.25) is 17.6 Å². The molecule has 3 saturated carbocycles. The van der Waals surface area contributed by atoms with Crippen LogP contribution < -0.4 is 21.7 Å². The van der Waals surface area contributed by atoms with Gasteiger partial charge in [0.05, 0.1) is 6.04 Å². The Morgan fingerprint density at radius 2 is 1.35 bits per heavy atom. The van der Waals surface area contributed by atoms with Crippen molar-refractivity contribution in [2.24, 2.45) is 23.5 Å². The van der Waals surface area contributed by atoms with Gasteiger partial charge in [0.1, 0.15) is 24.7 Å². The van der Waals surface area contributed by atoms with E-state index in [0.29, 0.717) is 25.8 Å². The molecule has 0 aromatic heterocycles. The first-order chi connectivity index (χ1) is 23.2. The molecule has 12 heteroatoms. The molecule has 262 valence electrons. The summed E-state index contributed by atoms with van der Waals surface area (Å²) in [5, 5.41) is 8.54. The fraction of sp³-hybridized carbons (Fsp3) is 0.667. The number of nitrogens with zero attached hydrogens (tertiary/aromatic N) is 1. The monoisotopic (exact) mass is 665 g/mol. The average molecular weight is 666 g/mol. The number of nitrogens with two attached hydrogens (primary N) is 1. The molecular weight excluding hydrogens is 614 g/mol. The van der Waals surface area contributed by atoms with E-state index in [4.69, 9.17) is 10.5 Å². The van der Waals surface area contributed by atoms with Crippen LogP contribution in [0.5, 0.6) is 0 Å². The van der Waals surface area contributed by atoms with Crippen molar-refractivity contribution in [3.05, 3.63) is 35.9 Å². The van der Waals surface area contributed by atoms with Crippen molar-refractivity contribution in [3.8, 4) is 0 Å². The Hall–Kier alpha value is -3.96. The highest BCUT2D eigenvalue weighted by Crippen LogP contribution is 2.34. The molecule has 5 N–H and O–H groups in total. The number of hydrogen-bond acceptors (Lipinski definition) is 7. The summed E-state index contributed by atoms with van der Waals surface area (Å²) in [6.45, 7) is 0.428. The third kappa shape index (κ3) is 9.56. The lowest BCUT2D eigenvalue weighted by Gasteiger charge is -2.35. The van der Waals surface area contributed by atoms with Crippen LogP contribution in [0.1, 0.15) is 102 Å². The second-order valence-corrected chi connectivity index (χ2v) is 14.1. The van der Waals surface area contributed by atoms with Crippen LogP contribution in [0.3, 0.4) is 0 Å². The Morgan fingerprint density at radius 3 is 1.96 bits per heavy atom. The first-order valence-electron chi connectivity index (χ1n) is 17.9. The summed E-state index contributed by atoms with van der Waals surface area (Å²) in [4.78, 5) is 80.6. The minimum Gasteiger partial charge on any atom is -0.459 e. The van der Waals surface area contributed by atoms with E-state index in [0.717, 1.165) is 82.6 Å². The Labute approximate surface area is 282 Å². The predicted octanol–water partition coefficient (Wildman–Crippen LogP) is 3.26. The van der Waals surface area contributed by atoms with Gasteiger partial charge >= 0.3 is 12.0 Å². The van der Waals surface area contributed by atoms with Crippen LogP contribution in [0.25, 0.3) is 0 Å². The maximum atomic E-state index is 14.3. The van der Waals surface area contributed by atoms with Gasteiger partial charge in [0.25, 0.3) is 5.91 Å². The van der Waals surface area contributed by atoms with E-state index in [-0.39, 0.29) is 30.3 Å². The smallest absolute Gasteiger partial charge is 0.329 e. The Balaban J connectivity index is 1.28. The molecule has 1 heterocycles. The summed E-state index contributed by atoms with van der Waals surface area (Å²) < 4.78 is 5.67. The first kappa shape index (κ1) is 35.3. The molecule has 1 aliphatic heterocycles. The molecular formula is C36H51N5O7. The Kier molecular flexibility index (Phi) is 12.5. The summed E-state index contributed by atoms with van der Waals surface area (Å²) in [7, 11) is 0. The lowest BCUT2D eigenvalue weighted by Crippen LogP contribution is -2.60. The van der Waals surface area contributed by atoms with Crippen LogP contribution in [0.15, 0.2) is 30.3 Å². The van der Waals surface area contributed by atoms with Crippen molar-refractivity contribution in [1.82, 2.24) is 20.9 Å². The predicted molar refractivity (Wildman–Crippen MR) is 177 cm³/mol. The summed E-state index contributed by atoms with van der Waals surface area (Å²) >= 11 is 0. The van der Waals surface area contributed by atoms with Crippen molar-refractivity contribution in [2.45, 2.75) is 127 Å². The largest absolute Gasteiger partial charge is 0.459 e. The minimum absolute atomic E-state index is 0.0741. The van der Waals surface area contributed by atoms with Crippen molar-refractivity contribution in [1.29, 1.82) is 0 Å². The fourth-order valence-electron chi connectivity index (χ4n) is 7.67. The molecule has 1 aromatic carbocycles. The molecule has 12 nitrogen and oxygen atoms in total. The lowest BCUT2D eigenvalue weighted by atomic mass is 9.83. The van der Waals surface area contributed by atoms with Crippen LogP contribution >= 0.6 is 0 Å². The number of likely N-dealkylation sites (tertiary alicyclic amines) is 1. The van der Waals surface area contributed by atoms with Crippen LogP contribution in [-0.4, -0.2) is 71.1 Å². The van der Waals surface area contributed by atoms with Crippen molar-refractivity contribution in [3.63, 3.8) is 0 Å². The van der Waals surface area contributed by atoms with Gasteiger partial charge in [-0.05, 0) is 68.3 Å². The zero-order valence-electron chi connectivity index (χ0n) is 27.8. The number of ether oxygens (including phenoxy) is 1. The number of rotatable bonds is 14. The van der Waals surface area contributed by atoms with Crippen LogP contribution in [0, 0.1) is 17.8 Å². The van der Waals surface area contributed by atoms with Crippen molar-refractivity contribution < 1.29 is 33.5 Å². The third-order valence-electron chi connectivity index (χ3n) is 10.5. The molecule has 0 spiro atoms. The van der Waals surface area contributed by atoms with E-state index in [9.17, 15) is 28.8 Å². The third-order valence-corrected chi connectivity index (χ3v) is 10.5. The molecule has 48 heavy (non-hydrogen) atoms. The van der Waals surface area contributed by atoms with Gasteiger partial charge in [-0.2, -0.15) is 0 Å². The second kappa shape index (κ2) is 16.9. The van der Waals surface area contributed by atoms with E-state index in [2.05, 4.69) is 16.0 Å². The standard InChI is InChI=1S/C36H51N5O7/c37-32(43)31(42)27(21-23-18-19-23)38-33(44)28-17-10-20-41(28)34(45)29(25-13-6-2-7-14-25)39-36(47)40-30(26-15-8-3-9-16-26)35(46)48-22-24-11-4-1-5-12-24/h1,4-5,11-12,23,25-30H,2-3,6-10,13-22H2,(H2,37,43)(H,38,44)(H2,39,40,47)/t27?,28-,29?,30?/m0/s1. The van der Waals surface area contributed by atoms with Gasteiger partial charge < -0.3 is 31.3 Å². The van der Waals surface area contributed by atoms with Gasteiger partial charge in [-0.1, -0.05) is 81.7 Å². The second-order valence-electron chi connectivity index (χ2n) is 14.1. The summed E-state index contributed by atoms with van der Waals surface area (Å²) in [5.41, 5.74) is 6.12. The van der Waals surface area contributed by atoms with Gasteiger partial charge in [-0.15, -0.1) is 0 Å². The van der Waals surface area contributed by atoms with E-state index >= 15 is 0 Å². The number of carbonyl (C=O) groups excluding carboxylic acids is 6. The highest BCUT2D eigenvalue weighted by Gasteiger charge is 2.43. The van der Waals surface area contributed by atoms with Gasteiger partial charge in [-0.3, -0.25) is 19.2 Å². The van der Waals surface area contributed by atoms with E-state index in [1.807, 2.05) is 30.3 Å². The van der Waals surface area contributed by atoms with E-state index in [1.54, 1.807) is 0 Å². The van der Waals surface area contributed by atoms with Crippen molar-refractivity contribution in [2.75, 3.05) is 6.54 Å². The molecule has 5 amide bonds. The molecule has 4 fully saturated rings. The number of esters is 1. The number of Topliss-reactive ketones (excluding diaryl/α,β-unsaturated/α-hetero) is 1. The average Bonchev–Trinajstić information content (AvgIpc) is 3.79. The van der Waals surface area contributed by atoms with E-state index in [1.165, 1.54) is 4.90 Å². The molecule has 4 atom stereocenters. The lowest BCUT2D eigenvalue weighted by molar-refractivity contribution is -0.149. The maximum Gasteiger partial charge on any atom is 0.329 e. The highest BCUT2D eigenvalue weighted by atomic mass is 16.5. The Bertz CT molecular complexity index is 1310. The number of amides is 5. The zero-order chi connectivity index (χ0) is 34.0. The van der Waals surface area contributed by atoms with Crippen LogP contribution in [0.4, 0.5) is 4.79 Å². The van der Waals surface area contributed by atoms with Crippen LogP contribution in [-0.2, 0) is 35.3 Å². The number of primary amides is 1. The van der Waals surface area contributed by atoms with Gasteiger partial charge in [0, 0.05) is 6.54 Å². The zero-order valence-corrected chi connectivity index (χ0v) is 27.8. The molecule has 1 saturated heterocycles. The fourth-order valence-corrected chi connectivity index (χ4v) is 7.67. The molecule has 1 aromatic rings. The van der Waals surface area contributed by atoms with Gasteiger partial charge in [-0.25, -0.2) is 9.59 Å². The first-order valence-corrected chi connectivity index (χ1v) is 17.9. The molecule has 3 aliphatic carbocycles. The molecule has 3 unspecified atom stereocenters. The SMILES string of the molecule is NC(=O)C(=O)C(CC1CC1)NC(=O)[C@@H]1CCCN1C(=O)C(NC(=O)NC(C(=O)OCc1ccccc1)C1CCCCC1)C1CCCCC1. The van der Waals surface area contributed by atoms with Crippen LogP contribution in [0.2, 0.25) is 0 Å². The molecule has 0 bridgehead atoms. The number of carbonyl (C=O) groups is 6.